The average Bonchev–Trinajstić information content (AvgIpc) is 3.03. The first-order chi connectivity index (χ1) is 15.6. The van der Waals surface area contributed by atoms with Crippen LogP contribution in [0, 0.1) is 28.7 Å². The first-order valence-corrected chi connectivity index (χ1v) is 11.4. The summed E-state index contributed by atoms with van der Waals surface area (Å²) in [5.41, 5.74) is 1.23. The molecule has 9 nitrogen and oxygen atoms in total. The van der Waals surface area contributed by atoms with Gasteiger partial charge in [-0.25, -0.2) is 9.59 Å². The lowest BCUT2D eigenvalue weighted by Crippen LogP contribution is -2.16. The number of methoxy groups -OCH3 is 1. The number of halogens is 1. The van der Waals surface area contributed by atoms with Gasteiger partial charge in [-0.1, -0.05) is 0 Å². The van der Waals surface area contributed by atoms with Crippen molar-refractivity contribution < 1.29 is 33.7 Å². The van der Waals surface area contributed by atoms with Gasteiger partial charge in [0.1, 0.15) is 16.6 Å². The van der Waals surface area contributed by atoms with Crippen LogP contribution in [-0.4, -0.2) is 43.3 Å². The van der Waals surface area contributed by atoms with Crippen molar-refractivity contribution in [2.45, 2.75) is 20.8 Å². The van der Waals surface area contributed by atoms with Gasteiger partial charge in [-0.15, -0.1) is 11.3 Å². The van der Waals surface area contributed by atoms with E-state index in [2.05, 4.69) is 5.32 Å². The largest absolute Gasteiger partial charge is 0.493 e. The first-order valence-electron chi connectivity index (χ1n) is 9.55. The van der Waals surface area contributed by atoms with Crippen LogP contribution in [0.1, 0.15) is 33.3 Å². The number of nitriles is 1. The molecule has 1 aromatic heterocycles. The van der Waals surface area contributed by atoms with Gasteiger partial charge < -0.3 is 24.6 Å². The molecular weight excluding hydrogens is 563 g/mol. The summed E-state index contributed by atoms with van der Waals surface area (Å²) in [6.07, 6.45) is 1.36. The summed E-state index contributed by atoms with van der Waals surface area (Å²) in [7, 11) is 1.39. The molecule has 0 aliphatic heterocycles. The number of anilines is 1. The third-order valence-electron chi connectivity index (χ3n) is 4.36. The first kappa shape index (κ1) is 26.1. The van der Waals surface area contributed by atoms with Crippen molar-refractivity contribution in [1.29, 1.82) is 5.26 Å². The summed E-state index contributed by atoms with van der Waals surface area (Å²) in [5.74, 6) is -1.88. The SMILES string of the molecule is CCOC(=O)c1c(NC(=O)C(C#N)=Cc2cc(I)c(OCC(=O)O)c(OC)c2)sc(C)c1C. The lowest BCUT2D eigenvalue weighted by atomic mass is 10.1. The second kappa shape index (κ2) is 11.7. The Bertz CT molecular complexity index is 1160. The molecule has 11 heteroatoms. The van der Waals surface area contributed by atoms with Crippen LogP contribution in [0.4, 0.5) is 5.00 Å². The number of aliphatic carboxylic acids is 1. The molecular formula is C22H21IN2O7S. The summed E-state index contributed by atoms with van der Waals surface area (Å²) in [6.45, 7) is 4.92. The molecule has 0 atom stereocenters. The molecule has 1 aromatic carbocycles. The van der Waals surface area contributed by atoms with E-state index in [9.17, 15) is 19.6 Å². The minimum atomic E-state index is -1.14. The molecule has 33 heavy (non-hydrogen) atoms. The van der Waals surface area contributed by atoms with Crippen LogP contribution in [0.3, 0.4) is 0 Å². The van der Waals surface area contributed by atoms with Crippen LogP contribution in [0.15, 0.2) is 17.7 Å². The highest BCUT2D eigenvalue weighted by atomic mass is 127. The fraction of sp³-hybridized carbons (Fsp3) is 0.273. The summed E-state index contributed by atoms with van der Waals surface area (Å²) in [6, 6.07) is 5.00. The van der Waals surface area contributed by atoms with Crippen molar-refractivity contribution in [1.82, 2.24) is 0 Å². The average molecular weight is 584 g/mol. The van der Waals surface area contributed by atoms with Crippen molar-refractivity contribution in [3.05, 3.63) is 42.8 Å². The number of carbonyl (C=O) groups is 3. The number of hydrogen-bond donors (Lipinski definition) is 2. The number of carboxylic acid groups (broad SMARTS) is 1. The maximum Gasteiger partial charge on any atom is 0.341 e. The summed E-state index contributed by atoms with van der Waals surface area (Å²) in [4.78, 5) is 36.8. The highest BCUT2D eigenvalue weighted by molar-refractivity contribution is 14.1. The third kappa shape index (κ3) is 6.45. The summed E-state index contributed by atoms with van der Waals surface area (Å²) >= 11 is 3.16. The summed E-state index contributed by atoms with van der Waals surface area (Å²) < 4.78 is 16.1. The Morgan fingerprint density at radius 3 is 2.58 bits per heavy atom. The molecule has 0 saturated carbocycles. The quantitative estimate of drug-likeness (QED) is 0.194. The topological polar surface area (TPSA) is 135 Å². The van der Waals surface area contributed by atoms with Crippen molar-refractivity contribution in [3.63, 3.8) is 0 Å². The predicted octanol–water partition coefficient (Wildman–Crippen LogP) is 4.16. The van der Waals surface area contributed by atoms with Gasteiger partial charge in [0.2, 0.25) is 0 Å². The molecule has 1 heterocycles. The Balaban J connectivity index is 2.37. The number of rotatable bonds is 9. The number of carboxylic acids is 1. The second-order valence-corrected chi connectivity index (χ2v) is 8.94. The van der Waals surface area contributed by atoms with Crippen LogP contribution < -0.4 is 14.8 Å². The van der Waals surface area contributed by atoms with E-state index in [1.165, 1.54) is 30.6 Å². The van der Waals surface area contributed by atoms with Gasteiger partial charge in [-0.05, 0) is 72.7 Å². The lowest BCUT2D eigenvalue weighted by molar-refractivity contribution is -0.139. The number of hydrogen-bond acceptors (Lipinski definition) is 8. The van der Waals surface area contributed by atoms with E-state index in [0.29, 0.717) is 19.7 Å². The number of amides is 1. The van der Waals surface area contributed by atoms with Gasteiger partial charge >= 0.3 is 11.9 Å². The van der Waals surface area contributed by atoms with Gasteiger partial charge in [-0.3, -0.25) is 4.79 Å². The van der Waals surface area contributed by atoms with Crippen molar-refractivity contribution in [2.24, 2.45) is 0 Å². The number of esters is 1. The zero-order valence-corrected chi connectivity index (χ0v) is 21.3. The van der Waals surface area contributed by atoms with Crippen LogP contribution in [0.25, 0.3) is 6.08 Å². The minimum absolute atomic E-state index is 0.191. The summed E-state index contributed by atoms with van der Waals surface area (Å²) in [5, 5.41) is 21.3. The zero-order chi connectivity index (χ0) is 24.7. The van der Waals surface area contributed by atoms with E-state index < -0.39 is 24.5 Å². The number of benzene rings is 1. The molecule has 2 rings (SSSR count). The highest BCUT2D eigenvalue weighted by Gasteiger charge is 2.23. The van der Waals surface area contributed by atoms with Gasteiger partial charge in [0, 0.05) is 4.88 Å². The second-order valence-electron chi connectivity index (χ2n) is 6.55. The molecule has 0 aliphatic rings. The van der Waals surface area contributed by atoms with Gasteiger partial charge in [0.05, 0.1) is 22.9 Å². The molecule has 2 aromatic rings. The zero-order valence-electron chi connectivity index (χ0n) is 18.3. The molecule has 2 N–H and O–H groups in total. The van der Waals surface area contributed by atoms with Crippen molar-refractivity contribution in [2.75, 3.05) is 25.6 Å². The molecule has 174 valence electrons. The number of thiophene rings is 1. The van der Waals surface area contributed by atoms with Crippen LogP contribution >= 0.6 is 33.9 Å². The van der Waals surface area contributed by atoms with Crippen molar-refractivity contribution >= 4 is 62.9 Å². The van der Waals surface area contributed by atoms with E-state index in [1.54, 1.807) is 19.9 Å². The van der Waals surface area contributed by atoms with Gasteiger partial charge in [0.15, 0.2) is 18.1 Å². The maximum absolute atomic E-state index is 12.8. The fourth-order valence-electron chi connectivity index (χ4n) is 2.75. The van der Waals surface area contributed by atoms with E-state index in [1.807, 2.05) is 35.6 Å². The number of aryl methyl sites for hydroxylation is 1. The smallest absolute Gasteiger partial charge is 0.341 e. The molecule has 0 spiro atoms. The predicted molar refractivity (Wildman–Crippen MR) is 131 cm³/mol. The number of carbonyl (C=O) groups excluding carboxylic acids is 2. The Morgan fingerprint density at radius 1 is 1.30 bits per heavy atom. The number of nitrogens with zero attached hydrogens (tertiary/aromatic N) is 1. The van der Waals surface area contributed by atoms with Crippen LogP contribution in [-0.2, 0) is 14.3 Å². The van der Waals surface area contributed by atoms with E-state index in [-0.39, 0.29) is 29.2 Å². The van der Waals surface area contributed by atoms with E-state index in [0.717, 1.165) is 4.88 Å². The van der Waals surface area contributed by atoms with E-state index in [4.69, 9.17) is 19.3 Å². The Hall–Kier alpha value is -3.11. The fourth-order valence-corrected chi connectivity index (χ4v) is 4.57. The molecule has 0 aliphatic carbocycles. The lowest BCUT2D eigenvalue weighted by Gasteiger charge is -2.12. The maximum atomic E-state index is 12.8. The molecule has 0 saturated heterocycles. The van der Waals surface area contributed by atoms with Crippen molar-refractivity contribution in [3.8, 4) is 17.6 Å². The molecule has 0 fully saturated rings. The molecule has 0 radical (unpaired) electrons. The minimum Gasteiger partial charge on any atom is -0.493 e. The molecule has 0 bridgehead atoms. The molecule has 0 unspecified atom stereocenters. The number of ether oxygens (including phenoxy) is 3. The molecule has 1 amide bonds. The monoisotopic (exact) mass is 584 g/mol. The number of nitrogens with one attached hydrogen (secondary N) is 1. The van der Waals surface area contributed by atoms with Gasteiger partial charge in [-0.2, -0.15) is 5.26 Å². The van der Waals surface area contributed by atoms with Gasteiger partial charge in [0.25, 0.3) is 5.91 Å². The van der Waals surface area contributed by atoms with Crippen LogP contribution in [0.5, 0.6) is 11.5 Å². The Kier molecular flexibility index (Phi) is 9.24. The third-order valence-corrected chi connectivity index (χ3v) is 6.28. The Labute approximate surface area is 208 Å². The standard InChI is InChI=1S/C22H21IN2O7S/c1-5-31-22(29)18-11(2)12(3)33-21(18)25-20(28)14(9-24)6-13-7-15(23)19(16(8-13)30-4)32-10-17(26)27/h6-8H,5,10H2,1-4H3,(H,25,28)(H,26,27). The van der Waals surface area contributed by atoms with E-state index >= 15 is 0 Å². The van der Waals surface area contributed by atoms with Crippen LogP contribution in [0.2, 0.25) is 0 Å². The normalized spacial score (nSPS) is 10.8. The highest BCUT2D eigenvalue weighted by Crippen LogP contribution is 2.35. The Morgan fingerprint density at radius 2 is 2.00 bits per heavy atom.